The smallest absolute Gasteiger partial charge is 0.207 e. The molecule has 4 aromatic heterocycles. The number of hydrogen-bond donors (Lipinski definition) is 0. The summed E-state index contributed by atoms with van der Waals surface area (Å²) in [7, 11) is 21.1. The molecule has 10 heteroatoms. The lowest BCUT2D eigenvalue weighted by molar-refractivity contribution is -0.810. The summed E-state index contributed by atoms with van der Waals surface area (Å²) in [6.07, 6.45) is 16.1. The number of pyridine rings is 3. The van der Waals surface area contributed by atoms with Gasteiger partial charge in [-0.15, -0.1) is 18.3 Å². The molecule has 0 saturated carbocycles. The molecule has 5 aliphatic heterocycles. The molecule has 11 rings (SSSR count). The summed E-state index contributed by atoms with van der Waals surface area (Å²) in [5, 5.41) is 1.33. The van der Waals surface area contributed by atoms with Crippen molar-refractivity contribution in [3.05, 3.63) is 131 Å². The average Bonchev–Trinajstić information content (AvgIpc) is 4.01. The van der Waals surface area contributed by atoms with E-state index in [2.05, 4.69) is 256 Å². The maximum Gasteiger partial charge on any atom is 0.447 e. The second-order valence-electron chi connectivity index (χ2n) is 18.9. The molecule has 334 valence electrons. The minimum atomic E-state index is 1.07. The number of aryl methyl sites for hydroxylation is 6. The second-order valence-corrected chi connectivity index (χ2v) is 18.9. The van der Waals surface area contributed by atoms with Crippen LogP contribution in [0.15, 0.2) is 97.8 Å². The largest absolute Gasteiger partial charge is 0.447 e. The molecule has 0 unspecified atom stereocenters. The highest BCUT2D eigenvalue weighted by molar-refractivity contribution is 5.87. The van der Waals surface area contributed by atoms with Gasteiger partial charge in [0.25, 0.3) is 23.3 Å². The quantitative estimate of drug-likeness (QED) is 0.182. The van der Waals surface area contributed by atoms with Crippen molar-refractivity contribution in [3.8, 4) is 0 Å². The fourth-order valence-electron chi connectivity index (χ4n) is 9.89. The molecule has 0 fully saturated rings. The van der Waals surface area contributed by atoms with Crippen LogP contribution in [0.2, 0.25) is 0 Å². The van der Waals surface area contributed by atoms with Gasteiger partial charge in [0, 0.05) is 69.3 Å². The Kier molecular flexibility index (Phi) is 13.6. The van der Waals surface area contributed by atoms with Crippen molar-refractivity contribution in [2.45, 2.75) is 73.6 Å². The highest BCUT2D eigenvalue weighted by Gasteiger charge is 2.36. The summed E-state index contributed by atoms with van der Waals surface area (Å²) in [5.74, 6) is 1.33. The summed E-state index contributed by atoms with van der Waals surface area (Å²) in [6, 6.07) is 23.8. The Balaban J connectivity index is 0.000000122. The van der Waals surface area contributed by atoms with Gasteiger partial charge in [-0.1, -0.05) is 30.3 Å². The second kappa shape index (κ2) is 19.0. The minimum Gasteiger partial charge on any atom is -0.207 e. The molecule has 10 nitrogen and oxygen atoms in total. The van der Waals surface area contributed by atoms with Crippen LogP contribution in [0.5, 0.6) is 0 Å². The minimum absolute atomic E-state index is 1.07. The first-order valence-electron chi connectivity index (χ1n) is 23.0. The van der Waals surface area contributed by atoms with Gasteiger partial charge in [-0.3, -0.25) is 0 Å². The van der Waals surface area contributed by atoms with Gasteiger partial charge in [0.05, 0.1) is 30.9 Å². The van der Waals surface area contributed by atoms with Crippen molar-refractivity contribution >= 4 is 68.0 Å². The van der Waals surface area contributed by atoms with Gasteiger partial charge in [-0.05, 0) is 19.1 Å². The van der Waals surface area contributed by atoms with Gasteiger partial charge < -0.3 is 0 Å². The van der Waals surface area contributed by atoms with E-state index in [1.807, 2.05) is 0 Å². The van der Waals surface area contributed by atoms with E-state index in [4.69, 9.17) is 0 Å². The Labute approximate surface area is 387 Å². The molecule has 2 aromatic carbocycles. The van der Waals surface area contributed by atoms with Crippen LogP contribution in [0, 0.1) is 6.92 Å². The highest BCUT2D eigenvalue weighted by Crippen LogP contribution is 2.29. The Hall–Kier alpha value is -6.42. The van der Waals surface area contributed by atoms with E-state index in [0.29, 0.717) is 0 Å². The van der Waals surface area contributed by atoms with Gasteiger partial charge in [0.1, 0.15) is 88.9 Å². The molecule has 5 aliphatic rings. The van der Waals surface area contributed by atoms with Crippen LogP contribution in [0.3, 0.4) is 0 Å². The highest BCUT2D eigenvalue weighted by atomic mass is 15.2. The fraction of sp³-hybridized carbons (Fsp3) is 0.382. The third-order valence-electron chi connectivity index (χ3n) is 14.2. The van der Waals surface area contributed by atoms with Crippen molar-refractivity contribution in [1.82, 2.24) is 0 Å². The van der Waals surface area contributed by atoms with E-state index in [0.717, 1.165) is 32.1 Å². The lowest BCUT2D eigenvalue weighted by Crippen LogP contribution is -2.44. The number of aromatic nitrogens is 5. The topological polar surface area (TPSA) is 34.5 Å². The van der Waals surface area contributed by atoms with Crippen LogP contribution in [0.25, 0.3) is 10.9 Å². The summed E-state index contributed by atoms with van der Waals surface area (Å²) in [4.78, 5) is 0. The summed E-state index contributed by atoms with van der Waals surface area (Å²) >= 11 is 0. The molecule has 0 amide bonds. The van der Waals surface area contributed by atoms with Crippen molar-refractivity contribution in [2.75, 3.05) is 35.2 Å². The van der Waals surface area contributed by atoms with Gasteiger partial charge in [-0.25, -0.2) is 13.7 Å². The Morgan fingerprint density at radius 3 is 1.69 bits per heavy atom. The van der Waals surface area contributed by atoms with E-state index in [-0.39, 0.29) is 0 Å². The van der Waals surface area contributed by atoms with Gasteiger partial charge in [0.15, 0.2) is 47.1 Å². The monoisotopic (exact) mass is 875 g/mol. The molecule has 0 radical (unpaired) electrons. The SMILES string of the molecule is CC1=[N+](C)c2c(C)cccc2C1.CC1=[N+](C)c2c(cc3ccccc3[n+]2C)C1.CC1=[N+](C)c2c[n+](C)c[n+](C)c2C1.CC1=[N+](C)c2cc[n+](C)cc2C1.CC1=[N+](C)c2ccc[n+](C)c2C1. The van der Waals surface area contributed by atoms with Crippen molar-refractivity contribution in [2.24, 2.45) is 35.2 Å². The van der Waals surface area contributed by atoms with Crippen LogP contribution in [-0.4, -0.2) is 86.7 Å². The van der Waals surface area contributed by atoms with Crippen molar-refractivity contribution < 1.29 is 45.7 Å². The first-order valence-corrected chi connectivity index (χ1v) is 23.0. The zero-order valence-electron chi connectivity index (χ0n) is 42.2. The summed E-state index contributed by atoms with van der Waals surface area (Å²) in [6.45, 7) is 13.1. The molecular weight excluding hydrogens is 801 g/mol. The lowest BCUT2D eigenvalue weighted by atomic mass is 10.1. The molecule has 0 N–H and O–H groups in total. The molecule has 0 bridgehead atoms. The molecule has 0 atom stereocenters. The lowest BCUT2D eigenvalue weighted by Gasteiger charge is -1.99. The third-order valence-corrected chi connectivity index (χ3v) is 14.2. The van der Waals surface area contributed by atoms with E-state index < -0.39 is 0 Å². The van der Waals surface area contributed by atoms with E-state index in [1.54, 1.807) is 0 Å². The molecule has 65 heavy (non-hydrogen) atoms. The summed E-state index contributed by atoms with van der Waals surface area (Å²) in [5.41, 5.74) is 22.4. The molecule has 0 spiro atoms. The predicted molar refractivity (Wildman–Crippen MR) is 261 cm³/mol. The summed E-state index contributed by atoms with van der Waals surface area (Å²) < 4.78 is 22.2. The molecule has 0 saturated heterocycles. The zero-order valence-corrected chi connectivity index (χ0v) is 42.2. The number of benzene rings is 2. The number of rotatable bonds is 0. The normalized spacial score (nSPS) is 15.1. The number of nitrogens with zero attached hydrogens (tertiary/aromatic N) is 10. The van der Waals surface area contributed by atoms with Crippen LogP contribution in [0.4, 0.5) is 28.6 Å². The predicted octanol–water partition coefficient (Wildman–Crippen LogP) is 5.47. The fourth-order valence-corrected chi connectivity index (χ4v) is 9.89. The standard InChI is InChI=1S/C14H16N2.C11H14N.C10H16N3.2C10H14N2/c1-10-8-12-9-11-6-4-5-7-13(11)16(3)14(12)15(10)2;1-8-5-4-6-10-7-9(2)12(3)11(8)10;1-8-5-9-10(13(8)4)6-11(2)7-12(9)3;1-8-6-9-7-11(2)5-4-10(9)12(8)3;1-8-7-10-9(12(8)3)5-4-6-11(10)2/h4-7,9H,8H2,1-3H3;4-6H,7H2,1-3H3;6-7H,5H2,1-4H3;4-5,7H,6H2,1-3H3;4-6H,7H2,1-3H3/q+2;+1;+3;2*+2. The van der Waals surface area contributed by atoms with Crippen LogP contribution in [-0.2, 0) is 67.3 Å². The first-order chi connectivity index (χ1) is 30.9. The molecule has 6 aromatic rings. The van der Waals surface area contributed by atoms with Gasteiger partial charge in [0.2, 0.25) is 16.9 Å². The zero-order chi connectivity index (χ0) is 47.0. The Morgan fingerprint density at radius 1 is 0.415 bits per heavy atom. The van der Waals surface area contributed by atoms with Gasteiger partial charge >= 0.3 is 17.8 Å². The number of para-hydroxylation sites is 2. The van der Waals surface area contributed by atoms with Crippen LogP contribution < -0.4 is 22.8 Å². The maximum atomic E-state index is 2.32. The Bertz CT molecular complexity index is 3070. The van der Waals surface area contributed by atoms with Crippen LogP contribution in [0.1, 0.15) is 68.3 Å². The van der Waals surface area contributed by atoms with Crippen molar-refractivity contribution in [1.29, 1.82) is 0 Å². The first kappa shape index (κ1) is 46.6. The number of fused-ring (bicyclic) bond motifs is 6. The van der Waals surface area contributed by atoms with E-state index >= 15 is 0 Å². The van der Waals surface area contributed by atoms with Crippen molar-refractivity contribution in [3.63, 3.8) is 0 Å². The van der Waals surface area contributed by atoms with E-state index in [9.17, 15) is 0 Å². The van der Waals surface area contributed by atoms with Crippen LogP contribution >= 0.6 is 0 Å². The third kappa shape index (κ3) is 9.40. The van der Waals surface area contributed by atoms with E-state index in [1.165, 1.54) is 102 Å². The molecule has 9 heterocycles. The van der Waals surface area contributed by atoms with Gasteiger partial charge in [-0.2, -0.15) is 13.7 Å². The molecular formula is C55H74N10+10. The average molecular weight is 875 g/mol. The Morgan fingerprint density at radius 2 is 1.00 bits per heavy atom. The maximum absolute atomic E-state index is 2.32. The number of hydrogen-bond acceptors (Lipinski definition) is 0. The molecule has 0 aliphatic carbocycles.